The molecular formula is C20H20FN3O3. The zero-order chi connectivity index (χ0) is 19.4. The molecule has 0 saturated carbocycles. The molecule has 0 spiro atoms. The second-order valence-electron chi connectivity index (χ2n) is 6.09. The number of amides is 1. The molecule has 7 heteroatoms. The molecule has 1 N–H and O–H groups in total. The number of ether oxygens (including phenoxy) is 1. The number of esters is 1. The normalized spacial score (nSPS) is 12.0. The van der Waals surface area contributed by atoms with Gasteiger partial charge in [-0.05, 0) is 37.3 Å². The van der Waals surface area contributed by atoms with Crippen LogP contribution in [0.3, 0.4) is 0 Å². The van der Waals surface area contributed by atoms with Crippen LogP contribution in [0.5, 0.6) is 0 Å². The lowest BCUT2D eigenvalue weighted by atomic mass is 10.3. The summed E-state index contributed by atoms with van der Waals surface area (Å²) in [6.45, 7) is 3.39. The standard InChI is InChI=1S/C20H20FN3O3/c1-3-18-23-16-9-4-5-10-17(16)24(18)12-19(25)27-13(2)20(26)22-15-8-6-7-14(21)11-15/h4-11,13H,3,12H2,1-2H3,(H,22,26). The summed E-state index contributed by atoms with van der Waals surface area (Å²) in [6.07, 6.45) is -0.349. The molecular weight excluding hydrogens is 349 g/mol. The highest BCUT2D eigenvalue weighted by Gasteiger charge is 2.20. The number of benzene rings is 2. The lowest BCUT2D eigenvalue weighted by molar-refractivity contribution is -0.153. The Kier molecular flexibility index (Phi) is 5.49. The highest BCUT2D eigenvalue weighted by Crippen LogP contribution is 2.17. The summed E-state index contributed by atoms with van der Waals surface area (Å²) in [5, 5.41) is 2.52. The van der Waals surface area contributed by atoms with Gasteiger partial charge < -0.3 is 14.6 Å². The molecule has 1 aromatic heterocycles. The Morgan fingerprint density at radius 2 is 2.00 bits per heavy atom. The second kappa shape index (κ2) is 7.99. The van der Waals surface area contributed by atoms with Crippen LogP contribution in [-0.4, -0.2) is 27.5 Å². The molecule has 0 fully saturated rings. The van der Waals surface area contributed by atoms with E-state index in [2.05, 4.69) is 10.3 Å². The maximum absolute atomic E-state index is 13.2. The number of carbonyl (C=O) groups is 2. The number of para-hydroxylation sites is 2. The van der Waals surface area contributed by atoms with Crippen molar-refractivity contribution in [1.29, 1.82) is 0 Å². The molecule has 1 atom stereocenters. The summed E-state index contributed by atoms with van der Waals surface area (Å²) in [4.78, 5) is 29.0. The first-order valence-corrected chi connectivity index (χ1v) is 8.68. The Morgan fingerprint density at radius 3 is 2.74 bits per heavy atom. The highest BCUT2D eigenvalue weighted by molar-refractivity contribution is 5.95. The molecule has 140 valence electrons. The third-order valence-corrected chi connectivity index (χ3v) is 4.11. The van der Waals surface area contributed by atoms with Crippen LogP contribution in [-0.2, 0) is 27.3 Å². The van der Waals surface area contributed by atoms with Gasteiger partial charge in [-0.3, -0.25) is 9.59 Å². The van der Waals surface area contributed by atoms with E-state index in [1.807, 2.05) is 31.2 Å². The molecule has 1 unspecified atom stereocenters. The van der Waals surface area contributed by atoms with E-state index < -0.39 is 23.8 Å². The molecule has 0 bridgehead atoms. The monoisotopic (exact) mass is 369 g/mol. The average molecular weight is 369 g/mol. The fourth-order valence-electron chi connectivity index (χ4n) is 2.80. The number of hydrogen-bond acceptors (Lipinski definition) is 4. The number of rotatable bonds is 6. The van der Waals surface area contributed by atoms with Crippen molar-refractivity contribution in [3.05, 3.63) is 60.2 Å². The minimum absolute atomic E-state index is 0.0404. The summed E-state index contributed by atoms with van der Waals surface area (Å²) < 4.78 is 20.2. The van der Waals surface area contributed by atoms with E-state index in [9.17, 15) is 14.0 Å². The quantitative estimate of drug-likeness (QED) is 0.677. The van der Waals surface area contributed by atoms with Crippen molar-refractivity contribution in [2.24, 2.45) is 0 Å². The Bertz CT molecular complexity index is 984. The van der Waals surface area contributed by atoms with Crippen LogP contribution in [0, 0.1) is 5.82 Å². The van der Waals surface area contributed by atoms with Gasteiger partial charge >= 0.3 is 5.97 Å². The van der Waals surface area contributed by atoms with Gasteiger partial charge in [-0.25, -0.2) is 9.37 Å². The van der Waals surface area contributed by atoms with E-state index >= 15 is 0 Å². The third-order valence-electron chi connectivity index (χ3n) is 4.11. The molecule has 1 heterocycles. The van der Waals surface area contributed by atoms with Crippen molar-refractivity contribution in [2.45, 2.75) is 32.9 Å². The number of fused-ring (bicyclic) bond motifs is 1. The van der Waals surface area contributed by atoms with Gasteiger partial charge in [0, 0.05) is 12.1 Å². The van der Waals surface area contributed by atoms with Crippen LogP contribution in [0.2, 0.25) is 0 Å². The molecule has 1 amide bonds. The molecule has 0 aliphatic rings. The molecule has 3 rings (SSSR count). The molecule has 0 saturated heterocycles. The minimum Gasteiger partial charge on any atom is -0.451 e. The lowest BCUT2D eigenvalue weighted by Gasteiger charge is -2.14. The SMILES string of the molecule is CCc1nc2ccccc2n1CC(=O)OC(C)C(=O)Nc1cccc(F)c1. The summed E-state index contributed by atoms with van der Waals surface area (Å²) in [7, 11) is 0. The van der Waals surface area contributed by atoms with Gasteiger partial charge in [0.25, 0.3) is 5.91 Å². The van der Waals surface area contributed by atoms with E-state index in [0.717, 1.165) is 16.9 Å². The summed E-state index contributed by atoms with van der Waals surface area (Å²) in [5.41, 5.74) is 1.94. The van der Waals surface area contributed by atoms with Crippen molar-refractivity contribution in [3.8, 4) is 0 Å². The number of halogens is 1. The minimum atomic E-state index is -1.01. The van der Waals surface area contributed by atoms with Crippen LogP contribution in [0.1, 0.15) is 19.7 Å². The maximum atomic E-state index is 13.2. The molecule has 0 aliphatic heterocycles. The number of nitrogens with one attached hydrogen (secondary N) is 1. The first-order valence-electron chi connectivity index (χ1n) is 8.68. The number of nitrogens with zero attached hydrogens (tertiary/aromatic N) is 2. The van der Waals surface area contributed by atoms with E-state index in [-0.39, 0.29) is 6.54 Å². The zero-order valence-electron chi connectivity index (χ0n) is 15.1. The zero-order valence-corrected chi connectivity index (χ0v) is 15.1. The lowest BCUT2D eigenvalue weighted by Crippen LogP contribution is -2.31. The van der Waals surface area contributed by atoms with Gasteiger partial charge in [0.1, 0.15) is 18.2 Å². The number of aryl methyl sites for hydroxylation is 1. The molecule has 27 heavy (non-hydrogen) atoms. The summed E-state index contributed by atoms with van der Waals surface area (Å²) in [5.74, 6) is -0.767. The van der Waals surface area contributed by atoms with E-state index in [0.29, 0.717) is 12.1 Å². The van der Waals surface area contributed by atoms with E-state index in [4.69, 9.17) is 4.74 Å². The predicted molar refractivity (Wildman–Crippen MR) is 99.7 cm³/mol. The average Bonchev–Trinajstić information content (AvgIpc) is 2.99. The molecule has 2 aromatic carbocycles. The third kappa shape index (κ3) is 4.31. The van der Waals surface area contributed by atoms with Gasteiger partial charge in [0.15, 0.2) is 6.10 Å². The molecule has 3 aromatic rings. The number of aromatic nitrogens is 2. The van der Waals surface area contributed by atoms with E-state index in [1.165, 1.54) is 25.1 Å². The Labute approximate surface area is 156 Å². The van der Waals surface area contributed by atoms with Gasteiger partial charge in [-0.1, -0.05) is 25.1 Å². The Hall–Kier alpha value is -3.22. The van der Waals surface area contributed by atoms with E-state index in [1.54, 1.807) is 10.6 Å². The number of carbonyl (C=O) groups excluding carboxylic acids is 2. The number of hydrogen-bond donors (Lipinski definition) is 1. The first-order chi connectivity index (χ1) is 13.0. The van der Waals surface area contributed by atoms with Crippen molar-refractivity contribution >= 4 is 28.6 Å². The van der Waals surface area contributed by atoms with Crippen LogP contribution in [0.25, 0.3) is 11.0 Å². The maximum Gasteiger partial charge on any atom is 0.326 e. The highest BCUT2D eigenvalue weighted by atomic mass is 19.1. The fraction of sp³-hybridized carbons (Fsp3) is 0.250. The Balaban J connectivity index is 1.66. The second-order valence-corrected chi connectivity index (χ2v) is 6.09. The van der Waals surface area contributed by atoms with Gasteiger partial charge in [-0.2, -0.15) is 0 Å². The van der Waals surface area contributed by atoms with Crippen LogP contribution in [0.15, 0.2) is 48.5 Å². The Morgan fingerprint density at radius 1 is 1.22 bits per heavy atom. The molecule has 0 radical (unpaired) electrons. The summed E-state index contributed by atoms with van der Waals surface area (Å²) >= 11 is 0. The predicted octanol–water partition coefficient (Wildman–Crippen LogP) is 3.31. The topological polar surface area (TPSA) is 73.2 Å². The van der Waals surface area contributed by atoms with Crippen molar-refractivity contribution in [1.82, 2.24) is 9.55 Å². The van der Waals surface area contributed by atoms with Gasteiger partial charge in [-0.15, -0.1) is 0 Å². The molecule has 0 aliphatic carbocycles. The van der Waals surface area contributed by atoms with Crippen LogP contribution in [0.4, 0.5) is 10.1 Å². The van der Waals surface area contributed by atoms with Crippen molar-refractivity contribution < 1.29 is 18.7 Å². The largest absolute Gasteiger partial charge is 0.451 e. The number of anilines is 1. The smallest absolute Gasteiger partial charge is 0.326 e. The van der Waals surface area contributed by atoms with Gasteiger partial charge in [0.2, 0.25) is 0 Å². The fourth-order valence-corrected chi connectivity index (χ4v) is 2.80. The van der Waals surface area contributed by atoms with Crippen LogP contribution < -0.4 is 5.32 Å². The van der Waals surface area contributed by atoms with Crippen LogP contribution >= 0.6 is 0 Å². The van der Waals surface area contributed by atoms with Crippen molar-refractivity contribution in [3.63, 3.8) is 0 Å². The number of imidazole rings is 1. The first kappa shape index (κ1) is 18.6. The van der Waals surface area contributed by atoms with Gasteiger partial charge in [0.05, 0.1) is 11.0 Å². The summed E-state index contributed by atoms with van der Waals surface area (Å²) in [6, 6.07) is 13.0. The molecule has 6 nitrogen and oxygen atoms in total. The van der Waals surface area contributed by atoms with Crippen molar-refractivity contribution in [2.75, 3.05) is 5.32 Å².